The molecule has 31 heavy (non-hydrogen) atoms. The van der Waals surface area contributed by atoms with Gasteiger partial charge in [0.15, 0.2) is 18.1 Å². The monoisotopic (exact) mass is 419 g/mol. The lowest BCUT2D eigenvalue weighted by molar-refractivity contribution is -0.132. The van der Waals surface area contributed by atoms with E-state index < -0.39 is 5.91 Å². The van der Waals surface area contributed by atoms with E-state index in [-0.39, 0.29) is 18.1 Å². The number of likely N-dealkylation sites (tertiary alicyclic amines) is 1. The first kappa shape index (κ1) is 21.9. The van der Waals surface area contributed by atoms with Crippen LogP contribution in [0, 0.1) is 18.3 Å². The van der Waals surface area contributed by atoms with Crippen LogP contribution in [0.2, 0.25) is 0 Å². The molecule has 1 saturated heterocycles. The van der Waals surface area contributed by atoms with E-state index in [1.807, 2.05) is 25.1 Å². The smallest absolute Gasteiger partial charge is 0.266 e. The number of hydrogen-bond donors (Lipinski definition) is 1. The summed E-state index contributed by atoms with van der Waals surface area (Å²) in [5.74, 6) is 0.291. The number of nitriles is 1. The third-order valence-electron chi connectivity index (χ3n) is 4.98. The van der Waals surface area contributed by atoms with Crippen molar-refractivity contribution in [3.05, 3.63) is 59.2 Å². The molecule has 0 spiro atoms. The Kier molecular flexibility index (Phi) is 7.28. The third-order valence-corrected chi connectivity index (χ3v) is 4.98. The summed E-state index contributed by atoms with van der Waals surface area (Å²) in [7, 11) is 1.49. The number of carbonyl (C=O) groups is 2. The molecule has 0 saturated carbocycles. The molecule has 0 aromatic heterocycles. The second-order valence-corrected chi connectivity index (χ2v) is 7.28. The first-order valence-electron chi connectivity index (χ1n) is 10.1. The molecule has 0 unspecified atom stereocenters. The summed E-state index contributed by atoms with van der Waals surface area (Å²) in [6.07, 6.45) is 3.52. The maximum Gasteiger partial charge on any atom is 0.266 e. The summed E-state index contributed by atoms with van der Waals surface area (Å²) < 4.78 is 11.0. The molecule has 0 radical (unpaired) electrons. The van der Waals surface area contributed by atoms with E-state index in [4.69, 9.17) is 9.47 Å². The van der Waals surface area contributed by atoms with E-state index >= 15 is 0 Å². The minimum absolute atomic E-state index is 0.0412. The van der Waals surface area contributed by atoms with Crippen LogP contribution in [0.25, 0.3) is 6.08 Å². The number of nitrogens with one attached hydrogen (secondary N) is 1. The Bertz CT molecular complexity index is 1020. The predicted molar refractivity (Wildman–Crippen MR) is 118 cm³/mol. The van der Waals surface area contributed by atoms with Gasteiger partial charge >= 0.3 is 0 Å². The van der Waals surface area contributed by atoms with Crippen molar-refractivity contribution in [1.29, 1.82) is 5.26 Å². The molecule has 2 amide bonds. The van der Waals surface area contributed by atoms with Crippen LogP contribution in [0.1, 0.15) is 24.0 Å². The number of amides is 2. The number of hydrogen-bond acceptors (Lipinski definition) is 5. The van der Waals surface area contributed by atoms with Gasteiger partial charge in [0, 0.05) is 18.8 Å². The molecule has 1 fully saturated rings. The number of carbonyl (C=O) groups excluding carboxylic acids is 2. The summed E-state index contributed by atoms with van der Waals surface area (Å²) in [4.78, 5) is 26.4. The highest BCUT2D eigenvalue weighted by Gasteiger charge is 2.19. The molecule has 0 atom stereocenters. The molecule has 1 N–H and O–H groups in total. The zero-order valence-electron chi connectivity index (χ0n) is 17.7. The number of aryl methyl sites for hydroxylation is 1. The molecule has 0 bridgehead atoms. The molecule has 2 aromatic rings. The summed E-state index contributed by atoms with van der Waals surface area (Å²) in [6.45, 7) is 3.43. The summed E-state index contributed by atoms with van der Waals surface area (Å²) in [5, 5.41) is 12.1. The Morgan fingerprint density at radius 3 is 2.48 bits per heavy atom. The van der Waals surface area contributed by atoms with Crippen molar-refractivity contribution >= 4 is 23.6 Å². The number of nitrogens with zero attached hydrogens (tertiary/aromatic N) is 2. The van der Waals surface area contributed by atoms with Crippen molar-refractivity contribution in [1.82, 2.24) is 4.90 Å². The highest BCUT2D eigenvalue weighted by Crippen LogP contribution is 2.29. The normalized spacial score (nSPS) is 13.5. The van der Waals surface area contributed by atoms with Crippen molar-refractivity contribution in [2.45, 2.75) is 19.8 Å². The zero-order chi connectivity index (χ0) is 22.2. The van der Waals surface area contributed by atoms with Gasteiger partial charge < -0.3 is 19.7 Å². The fourth-order valence-electron chi connectivity index (χ4n) is 3.24. The Hall–Kier alpha value is -3.79. The maximum atomic E-state index is 12.5. The molecule has 7 nitrogen and oxygen atoms in total. The van der Waals surface area contributed by atoms with Gasteiger partial charge in [-0.05, 0) is 55.7 Å². The summed E-state index contributed by atoms with van der Waals surface area (Å²) in [5.41, 5.74) is 2.25. The van der Waals surface area contributed by atoms with Crippen LogP contribution in [0.5, 0.6) is 11.5 Å². The Morgan fingerprint density at radius 2 is 1.84 bits per heavy atom. The van der Waals surface area contributed by atoms with Crippen LogP contribution in [0.4, 0.5) is 5.69 Å². The molecular weight excluding hydrogens is 394 g/mol. The molecule has 2 aromatic carbocycles. The van der Waals surface area contributed by atoms with E-state index in [0.717, 1.165) is 31.5 Å². The van der Waals surface area contributed by atoms with Gasteiger partial charge in [-0.3, -0.25) is 9.59 Å². The minimum Gasteiger partial charge on any atom is -0.493 e. The predicted octanol–water partition coefficient (Wildman–Crippen LogP) is 3.55. The quantitative estimate of drug-likeness (QED) is 0.547. The average molecular weight is 419 g/mol. The largest absolute Gasteiger partial charge is 0.493 e. The van der Waals surface area contributed by atoms with E-state index in [1.165, 1.54) is 13.2 Å². The molecule has 1 heterocycles. The zero-order valence-corrected chi connectivity index (χ0v) is 17.7. The van der Waals surface area contributed by atoms with Crippen LogP contribution >= 0.6 is 0 Å². The second kappa shape index (κ2) is 10.3. The lowest BCUT2D eigenvalue weighted by atomic mass is 10.1. The van der Waals surface area contributed by atoms with E-state index in [0.29, 0.717) is 22.7 Å². The van der Waals surface area contributed by atoms with Crippen LogP contribution in [0.15, 0.2) is 48.0 Å². The standard InChI is InChI=1S/C24H25N3O4/c1-17-5-8-20(9-6-17)26-24(29)19(15-25)13-18-7-10-21(22(14-18)30-2)31-16-23(28)27-11-3-4-12-27/h5-10,13-14H,3-4,11-12,16H2,1-2H3,(H,26,29)/b19-13+. The number of rotatable bonds is 7. The number of anilines is 1. The molecular formula is C24H25N3O4. The van der Waals surface area contributed by atoms with Gasteiger partial charge in [-0.15, -0.1) is 0 Å². The van der Waals surface area contributed by atoms with Gasteiger partial charge in [0.25, 0.3) is 11.8 Å². The van der Waals surface area contributed by atoms with Gasteiger partial charge in [-0.1, -0.05) is 23.8 Å². The molecule has 7 heteroatoms. The van der Waals surface area contributed by atoms with Crippen LogP contribution in [0.3, 0.4) is 0 Å². The van der Waals surface area contributed by atoms with Crippen molar-refractivity contribution in [3.63, 3.8) is 0 Å². The SMILES string of the molecule is COc1cc(/C=C(\C#N)C(=O)Nc2ccc(C)cc2)ccc1OCC(=O)N1CCCC1. The molecule has 0 aliphatic carbocycles. The summed E-state index contributed by atoms with van der Waals surface area (Å²) in [6, 6.07) is 14.3. The lowest BCUT2D eigenvalue weighted by Crippen LogP contribution is -2.32. The van der Waals surface area contributed by atoms with Crippen LogP contribution in [-0.4, -0.2) is 43.5 Å². The third kappa shape index (κ3) is 5.86. The van der Waals surface area contributed by atoms with Crippen LogP contribution < -0.4 is 14.8 Å². The van der Waals surface area contributed by atoms with E-state index in [9.17, 15) is 14.9 Å². The van der Waals surface area contributed by atoms with Gasteiger partial charge in [-0.25, -0.2) is 0 Å². The molecule has 3 rings (SSSR count). The van der Waals surface area contributed by atoms with Crippen LogP contribution in [-0.2, 0) is 9.59 Å². The minimum atomic E-state index is -0.498. The van der Waals surface area contributed by atoms with Gasteiger partial charge in [0.1, 0.15) is 11.6 Å². The van der Waals surface area contributed by atoms with Crippen molar-refractivity contribution in [2.24, 2.45) is 0 Å². The highest BCUT2D eigenvalue weighted by atomic mass is 16.5. The Balaban J connectivity index is 1.69. The first-order valence-corrected chi connectivity index (χ1v) is 10.1. The highest BCUT2D eigenvalue weighted by molar-refractivity contribution is 6.09. The Labute approximate surface area is 181 Å². The second-order valence-electron chi connectivity index (χ2n) is 7.28. The van der Waals surface area contributed by atoms with Gasteiger partial charge in [-0.2, -0.15) is 5.26 Å². The Morgan fingerprint density at radius 1 is 1.13 bits per heavy atom. The summed E-state index contributed by atoms with van der Waals surface area (Å²) >= 11 is 0. The number of ether oxygens (including phenoxy) is 2. The fraction of sp³-hybridized carbons (Fsp3) is 0.292. The maximum absolute atomic E-state index is 12.5. The lowest BCUT2D eigenvalue weighted by Gasteiger charge is -2.16. The number of methoxy groups -OCH3 is 1. The van der Waals surface area contributed by atoms with E-state index in [2.05, 4.69) is 5.32 Å². The first-order chi connectivity index (χ1) is 15.0. The van der Waals surface area contributed by atoms with Gasteiger partial charge in [0.05, 0.1) is 7.11 Å². The molecule has 160 valence electrons. The van der Waals surface area contributed by atoms with Gasteiger partial charge in [0.2, 0.25) is 0 Å². The van der Waals surface area contributed by atoms with Crippen molar-refractivity contribution < 1.29 is 19.1 Å². The topological polar surface area (TPSA) is 91.7 Å². The van der Waals surface area contributed by atoms with Crippen molar-refractivity contribution in [3.8, 4) is 17.6 Å². The van der Waals surface area contributed by atoms with E-state index in [1.54, 1.807) is 35.2 Å². The molecule has 1 aliphatic rings. The van der Waals surface area contributed by atoms with Crippen molar-refractivity contribution in [2.75, 3.05) is 32.1 Å². The average Bonchev–Trinajstić information content (AvgIpc) is 3.32. The molecule has 1 aliphatic heterocycles. The fourth-order valence-corrected chi connectivity index (χ4v) is 3.24. The number of benzene rings is 2.